The van der Waals surface area contributed by atoms with Crippen LogP contribution in [0.5, 0.6) is 0 Å². The molecule has 0 aliphatic carbocycles. The summed E-state index contributed by atoms with van der Waals surface area (Å²) >= 11 is 0. The zero-order valence-electron chi connectivity index (χ0n) is 14.5. The van der Waals surface area contributed by atoms with Gasteiger partial charge in [-0.15, -0.1) is 24.0 Å². The van der Waals surface area contributed by atoms with Crippen LogP contribution in [-0.4, -0.2) is 35.1 Å². The minimum Gasteiger partial charge on any atom is -0.356 e. The van der Waals surface area contributed by atoms with Crippen molar-refractivity contribution in [3.8, 4) is 0 Å². The van der Waals surface area contributed by atoms with Gasteiger partial charge in [-0.1, -0.05) is 19.1 Å². The van der Waals surface area contributed by atoms with Crippen molar-refractivity contribution in [2.75, 3.05) is 13.6 Å². The first-order valence-electron chi connectivity index (χ1n) is 8.04. The second-order valence-corrected chi connectivity index (χ2v) is 5.61. The van der Waals surface area contributed by atoms with Crippen molar-refractivity contribution < 1.29 is 0 Å². The van der Waals surface area contributed by atoms with Gasteiger partial charge in [0, 0.05) is 26.2 Å². The Bertz CT molecular complexity index is 635. The fourth-order valence-corrected chi connectivity index (χ4v) is 2.45. The second-order valence-electron chi connectivity index (χ2n) is 5.61. The van der Waals surface area contributed by atoms with Gasteiger partial charge in [0.2, 0.25) is 0 Å². The minimum atomic E-state index is 0. The average molecular weight is 429 g/mol. The second kappa shape index (κ2) is 9.75. The van der Waals surface area contributed by atoms with Crippen LogP contribution in [0.3, 0.4) is 0 Å². The molecule has 0 bridgehead atoms. The van der Waals surface area contributed by atoms with Crippen LogP contribution in [0.15, 0.2) is 29.3 Å². The van der Waals surface area contributed by atoms with E-state index in [0.29, 0.717) is 6.04 Å². The zero-order chi connectivity index (χ0) is 15.9. The molecule has 0 amide bonds. The number of rotatable bonds is 6. The van der Waals surface area contributed by atoms with Crippen molar-refractivity contribution in [2.45, 2.75) is 46.2 Å². The number of para-hydroxylation sites is 2. The predicted octanol–water partition coefficient (Wildman–Crippen LogP) is 3.32. The monoisotopic (exact) mass is 429 g/mol. The van der Waals surface area contributed by atoms with E-state index in [9.17, 15) is 0 Å². The maximum atomic E-state index is 4.60. The van der Waals surface area contributed by atoms with Crippen LogP contribution in [-0.2, 0) is 6.54 Å². The molecule has 0 fully saturated rings. The first-order valence-corrected chi connectivity index (χ1v) is 8.04. The van der Waals surface area contributed by atoms with Gasteiger partial charge in [-0.2, -0.15) is 0 Å². The maximum Gasteiger partial charge on any atom is 0.191 e. The van der Waals surface area contributed by atoms with Gasteiger partial charge in [0.05, 0.1) is 11.0 Å². The quantitative estimate of drug-likeness (QED) is 0.321. The molecule has 1 unspecified atom stereocenters. The molecule has 2 rings (SSSR count). The predicted molar refractivity (Wildman–Crippen MR) is 109 cm³/mol. The van der Waals surface area contributed by atoms with Crippen LogP contribution in [0.25, 0.3) is 11.0 Å². The van der Waals surface area contributed by atoms with Gasteiger partial charge >= 0.3 is 0 Å². The number of nitrogens with one attached hydrogen (secondary N) is 2. The third kappa shape index (κ3) is 5.37. The van der Waals surface area contributed by atoms with Gasteiger partial charge in [-0.3, -0.25) is 4.99 Å². The molecule has 0 saturated carbocycles. The van der Waals surface area contributed by atoms with E-state index in [1.165, 1.54) is 5.52 Å². The van der Waals surface area contributed by atoms with E-state index in [1.807, 2.05) is 13.1 Å². The molecule has 0 spiro atoms. The summed E-state index contributed by atoms with van der Waals surface area (Å²) in [5.74, 6) is 1.95. The number of benzene rings is 1. The number of halogens is 1. The highest BCUT2D eigenvalue weighted by Crippen LogP contribution is 2.15. The SMILES string of the molecule is CCC(C)NC(=NC)NCCCn1c(C)nc2ccccc21.I. The summed E-state index contributed by atoms with van der Waals surface area (Å²) in [5, 5.41) is 6.74. The lowest BCUT2D eigenvalue weighted by Crippen LogP contribution is -2.42. The summed E-state index contributed by atoms with van der Waals surface area (Å²) in [6.45, 7) is 8.24. The van der Waals surface area contributed by atoms with Gasteiger partial charge in [0.25, 0.3) is 0 Å². The fraction of sp³-hybridized carbons (Fsp3) is 0.529. The smallest absolute Gasteiger partial charge is 0.191 e. The highest BCUT2D eigenvalue weighted by Gasteiger charge is 2.06. The van der Waals surface area contributed by atoms with Gasteiger partial charge in [-0.25, -0.2) is 4.98 Å². The summed E-state index contributed by atoms with van der Waals surface area (Å²) in [6, 6.07) is 8.73. The third-order valence-corrected chi connectivity index (χ3v) is 3.92. The number of aryl methyl sites for hydroxylation is 2. The highest BCUT2D eigenvalue weighted by atomic mass is 127. The van der Waals surface area contributed by atoms with E-state index in [1.54, 1.807) is 0 Å². The number of hydrogen-bond donors (Lipinski definition) is 2. The van der Waals surface area contributed by atoms with E-state index < -0.39 is 0 Å². The standard InChI is InChI=1S/C17H27N5.HI/c1-5-13(2)20-17(18-4)19-11-8-12-22-14(3)21-15-9-6-7-10-16(15)22;/h6-7,9-10,13H,5,8,11-12H2,1-4H3,(H2,18,19,20);1H. The van der Waals surface area contributed by atoms with Crippen molar-refractivity contribution in [1.82, 2.24) is 20.2 Å². The highest BCUT2D eigenvalue weighted by molar-refractivity contribution is 14.0. The Balaban J connectivity index is 0.00000264. The van der Waals surface area contributed by atoms with Crippen LogP contribution in [0.1, 0.15) is 32.5 Å². The van der Waals surface area contributed by atoms with E-state index in [-0.39, 0.29) is 24.0 Å². The van der Waals surface area contributed by atoms with Gasteiger partial charge < -0.3 is 15.2 Å². The number of fused-ring (bicyclic) bond motifs is 1. The number of imidazole rings is 1. The Morgan fingerprint density at radius 3 is 2.78 bits per heavy atom. The van der Waals surface area contributed by atoms with Crippen molar-refractivity contribution in [3.05, 3.63) is 30.1 Å². The molecule has 6 heteroatoms. The fourth-order valence-electron chi connectivity index (χ4n) is 2.45. The molecular weight excluding hydrogens is 401 g/mol. The Morgan fingerprint density at radius 1 is 1.35 bits per heavy atom. The molecule has 2 aromatic rings. The van der Waals surface area contributed by atoms with Crippen LogP contribution in [0.4, 0.5) is 0 Å². The van der Waals surface area contributed by atoms with E-state index in [0.717, 1.165) is 43.2 Å². The topological polar surface area (TPSA) is 54.2 Å². The van der Waals surface area contributed by atoms with E-state index >= 15 is 0 Å². The van der Waals surface area contributed by atoms with Crippen LogP contribution >= 0.6 is 24.0 Å². The minimum absolute atomic E-state index is 0. The maximum absolute atomic E-state index is 4.60. The molecule has 1 heterocycles. The molecule has 2 N–H and O–H groups in total. The van der Waals surface area contributed by atoms with E-state index in [4.69, 9.17) is 0 Å². The lowest BCUT2D eigenvalue weighted by molar-refractivity contribution is 0.600. The molecule has 23 heavy (non-hydrogen) atoms. The first kappa shape index (κ1) is 19.7. The molecule has 0 aliphatic rings. The molecule has 1 atom stereocenters. The van der Waals surface area contributed by atoms with Crippen molar-refractivity contribution in [1.29, 1.82) is 0 Å². The van der Waals surface area contributed by atoms with Crippen LogP contribution < -0.4 is 10.6 Å². The zero-order valence-corrected chi connectivity index (χ0v) is 16.8. The lowest BCUT2D eigenvalue weighted by atomic mass is 10.3. The Morgan fingerprint density at radius 2 is 2.09 bits per heavy atom. The normalized spacial score (nSPS) is 12.8. The van der Waals surface area contributed by atoms with Crippen molar-refractivity contribution >= 4 is 41.0 Å². The third-order valence-electron chi connectivity index (χ3n) is 3.92. The summed E-state index contributed by atoms with van der Waals surface area (Å²) in [5.41, 5.74) is 2.28. The molecule has 1 aromatic heterocycles. The number of guanidine groups is 1. The van der Waals surface area contributed by atoms with Crippen molar-refractivity contribution in [2.24, 2.45) is 4.99 Å². The molecule has 0 saturated heterocycles. The first-order chi connectivity index (χ1) is 10.7. The van der Waals surface area contributed by atoms with Crippen molar-refractivity contribution in [3.63, 3.8) is 0 Å². The number of aromatic nitrogens is 2. The van der Waals surface area contributed by atoms with Crippen LogP contribution in [0, 0.1) is 6.92 Å². The van der Waals surface area contributed by atoms with E-state index in [2.05, 4.69) is 64.1 Å². The molecule has 5 nitrogen and oxygen atoms in total. The molecule has 0 radical (unpaired) electrons. The largest absolute Gasteiger partial charge is 0.356 e. The summed E-state index contributed by atoms with van der Waals surface area (Å²) in [4.78, 5) is 8.85. The molecule has 0 aliphatic heterocycles. The van der Waals surface area contributed by atoms with Crippen LogP contribution in [0.2, 0.25) is 0 Å². The molecule has 1 aromatic carbocycles. The lowest BCUT2D eigenvalue weighted by Gasteiger charge is -2.16. The van der Waals surface area contributed by atoms with Gasteiger partial charge in [0.1, 0.15) is 5.82 Å². The summed E-state index contributed by atoms with van der Waals surface area (Å²) in [7, 11) is 1.81. The number of aliphatic imine (C=N–C) groups is 1. The van der Waals surface area contributed by atoms with Gasteiger partial charge in [0.15, 0.2) is 5.96 Å². The Labute approximate surface area is 156 Å². The Kier molecular flexibility index (Phi) is 8.36. The number of hydrogen-bond acceptors (Lipinski definition) is 2. The molecule has 128 valence electrons. The molecular formula is C17H28IN5. The number of nitrogens with zero attached hydrogens (tertiary/aromatic N) is 3. The van der Waals surface area contributed by atoms with Gasteiger partial charge in [-0.05, 0) is 38.8 Å². The Hall–Kier alpha value is -1.31. The summed E-state index contributed by atoms with van der Waals surface area (Å²) < 4.78 is 2.28. The summed E-state index contributed by atoms with van der Waals surface area (Å²) in [6.07, 6.45) is 2.11. The average Bonchev–Trinajstić information content (AvgIpc) is 2.85.